The molecule has 2 fully saturated rings. The van der Waals surface area contributed by atoms with Crippen LogP contribution in [0.4, 0.5) is 4.79 Å². The molecule has 0 spiro atoms. The summed E-state index contributed by atoms with van der Waals surface area (Å²) in [7, 11) is 0. The summed E-state index contributed by atoms with van der Waals surface area (Å²) in [5.41, 5.74) is -0.616. The van der Waals surface area contributed by atoms with Crippen molar-refractivity contribution in [2.75, 3.05) is 11.9 Å². The number of hydrogen-bond acceptors (Lipinski definition) is 2. The van der Waals surface area contributed by atoms with Gasteiger partial charge in [-0.05, 0) is 31.6 Å². The second kappa shape index (κ2) is 4.83. The van der Waals surface area contributed by atoms with E-state index in [2.05, 4.69) is 21.2 Å². The molecule has 0 aromatic carbocycles. The maximum Gasteiger partial charge on any atom is 0.325 e. The maximum atomic E-state index is 12.3. The lowest BCUT2D eigenvalue weighted by Crippen LogP contribution is -2.45. The highest BCUT2D eigenvalue weighted by Gasteiger charge is 2.49. The summed E-state index contributed by atoms with van der Waals surface area (Å²) >= 11 is 3.56. The first kappa shape index (κ1) is 13.8. The average molecular weight is 317 g/mol. The van der Waals surface area contributed by atoms with Gasteiger partial charge in [-0.25, -0.2) is 4.79 Å². The number of carbonyl (C=O) groups excluding carboxylic acids is 2. The number of carbonyl (C=O) groups is 2. The lowest BCUT2D eigenvalue weighted by atomic mass is 9.88. The third-order valence-corrected chi connectivity index (χ3v) is 5.68. The van der Waals surface area contributed by atoms with Crippen molar-refractivity contribution in [3.05, 3.63) is 0 Å². The number of alkyl halides is 1. The van der Waals surface area contributed by atoms with Gasteiger partial charge in [0.15, 0.2) is 0 Å². The van der Waals surface area contributed by atoms with E-state index in [0.717, 1.165) is 18.2 Å². The molecule has 2 aliphatic rings. The second-order valence-corrected chi connectivity index (χ2v) is 6.41. The Morgan fingerprint density at radius 2 is 1.94 bits per heavy atom. The second-order valence-electron chi connectivity index (χ2n) is 5.85. The SMILES string of the molecule is CCC1(C)NC(=O)N(CC2(CBr)CCCC2)C1=O. The molecule has 0 radical (unpaired) electrons. The maximum absolute atomic E-state index is 12.3. The van der Waals surface area contributed by atoms with Crippen LogP contribution < -0.4 is 5.32 Å². The third kappa shape index (κ3) is 2.17. The molecule has 1 heterocycles. The normalized spacial score (nSPS) is 30.9. The fourth-order valence-corrected chi connectivity index (χ4v) is 3.66. The van der Waals surface area contributed by atoms with Crippen molar-refractivity contribution in [1.82, 2.24) is 10.2 Å². The summed E-state index contributed by atoms with van der Waals surface area (Å²) < 4.78 is 0. The molecular formula is C13H21BrN2O2. The minimum atomic E-state index is -0.705. The molecule has 1 saturated carbocycles. The summed E-state index contributed by atoms with van der Waals surface area (Å²) in [5.74, 6) is -0.0674. The van der Waals surface area contributed by atoms with E-state index < -0.39 is 5.54 Å². The van der Waals surface area contributed by atoms with Crippen LogP contribution in [0, 0.1) is 5.41 Å². The van der Waals surface area contributed by atoms with Gasteiger partial charge in [-0.1, -0.05) is 35.7 Å². The molecule has 2 rings (SSSR count). The van der Waals surface area contributed by atoms with Gasteiger partial charge in [0.1, 0.15) is 5.54 Å². The molecular weight excluding hydrogens is 296 g/mol. The Morgan fingerprint density at radius 3 is 2.39 bits per heavy atom. The van der Waals surface area contributed by atoms with Crippen molar-refractivity contribution in [3.63, 3.8) is 0 Å². The Morgan fingerprint density at radius 1 is 1.33 bits per heavy atom. The van der Waals surface area contributed by atoms with E-state index in [4.69, 9.17) is 0 Å². The zero-order valence-electron chi connectivity index (χ0n) is 11.1. The summed E-state index contributed by atoms with van der Waals surface area (Å²) in [5, 5.41) is 3.68. The highest BCUT2D eigenvalue weighted by Crippen LogP contribution is 2.41. The lowest BCUT2D eigenvalue weighted by Gasteiger charge is -2.30. The Labute approximate surface area is 117 Å². The van der Waals surface area contributed by atoms with E-state index >= 15 is 0 Å². The van der Waals surface area contributed by atoms with Gasteiger partial charge in [0.05, 0.1) is 0 Å². The van der Waals surface area contributed by atoms with E-state index in [1.54, 1.807) is 0 Å². The number of nitrogens with one attached hydrogen (secondary N) is 1. The number of nitrogens with zero attached hydrogens (tertiary/aromatic N) is 1. The molecule has 3 amide bonds. The van der Waals surface area contributed by atoms with Crippen LogP contribution in [-0.4, -0.2) is 34.3 Å². The first-order valence-corrected chi connectivity index (χ1v) is 7.79. The number of urea groups is 1. The Bertz CT molecular complexity index is 366. The Hall–Kier alpha value is -0.580. The first-order valence-electron chi connectivity index (χ1n) is 6.66. The van der Waals surface area contributed by atoms with Gasteiger partial charge >= 0.3 is 6.03 Å². The fraction of sp³-hybridized carbons (Fsp3) is 0.846. The first-order chi connectivity index (χ1) is 8.46. The molecule has 102 valence electrons. The summed E-state index contributed by atoms with van der Waals surface area (Å²) in [6, 6.07) is -0.225. The van der Waals surface area contributed by atoms with Crippen LogP contribution >= 0.6 is 15.9 Å². The predicted octanol–water partition coefficient (Wildman–Crippen LogP) is 2.66. The molecule has 0 aromatic rings. The molecule has 4 nitrogen and oxygen atoms in total. The van der Waals surface area contributed by atoms with Crippen molar-refractivity contribution in [3.8, 4) is 0 Å². The molecule has 1 unspecified atom stereocenters. The van der Waals surface area contributed by atoms with Crippen molar-refractivity contribution >= 4 is 27.9 Å². The van der Waals surface area contributed by atoms with Crippen LogP contribution in [-0.2, 0) is 4.79 Å². The van der Waals surface area contributed by atoms with Crippen LogP contribution in [0.5, 0.6) is 0 Å². The molecule has 0 aromatic heterocycles. The minimum Gasteiger partial charge on any atom is -0.323 e. The van der Waals surface area contributed by atoms with Crippen LogP contribution in [0.25, 0.3) is 0 Å². The number of hydrogen-bond donors (Lipinski definition) is 1. The Kier molecular flexibility index (Phi) is 3.72. The predicted molar refractivity (Wildman–Crippen MR) is 73.6 cm³/mol. The lowest BCUT2D eigenvalue weighted by molar-refractivity contribution is -0.131. The van der Waals surface area contributed by atoms with Crippen molar-refractivity contribution in [2.24, 2.45) is 5.41 Å². The zero-order valence-corrected chi connectivity index (χ0v) is 12.7. The van der Waals surface area contributed by atoms with Crippen molar-refractivity contribution < 1.29 is 9.59 Å². The van der Waals surface area contributed by atoms with E-state index in [1.807, 2.05) is 13.8 Å². The van der Waals surface area contributed by atoms with E-state index in [-0.39, 0.29) is 17.4 Å². The molecule has 18 heavy (non-hydrogen) atoms. The van der Waals surface area contributed by atoms with Crippen LogP contribution in [0.2, 0.25) is 0 Å². The smallest absolute Gasteiger partial charge is 0.323 e. The van der Waals surface area contributed by atoms with Crippen molar-refractivity contribution in [2.45, 2.75) is 51.5 Å². The van der Waals surface area contributed by atoms with Crippen molar-refractivity contribution in [1.29, 1.82) is 0 Å². The molecule has 1 atom stereocenters. The monoisotopic (exact) mass is 316 g/mol. The molecule has 0 bridgehead atoms. The largest absolute Gasteiger partial charge is 0.325 e. The number of amides is 3. The highest BCUT2D eigenvalue weighted by molar-refractivity contribution is 9.09. The number of rotatable bonds is 4. The Balaban J connectivity index is 2.14. The van der Waals surface area contributed by atoms with Crippen LogP contribution in [0.1, 0.15) is 46.0 Å². The number of imide groups is 1. The van der Waals surface area contributed by atoms with Gasteiger partial charge in [0.25, 0.3) is 5.91 Å². The molecule has 1 aliphatic carbocycles. The third-order valence-electron chi connectivity index (χ3n) is 4.49. The van der Waals surface area contributed by atoms with E-state index in [0.29, 0.717) is 13.0 Å². The van der Waals surface area contributed by atoms with Gasteiger partial charge in [-0.3, -0.25) is 9.69 Å². The standard InChI is InChI=1S/C13H21BrN2O2/c1-3-12(2)10(17)16(11(18)15-12)9-13(8-14)6-4-5-7-13/h3-9H2,1-2H3,(H,15,18). The van der Waals surface area contributed by atoms with Gasteiger partial charge in [0, 0.05) is 11.9 Å². The van der Waals surface area contributed by atoms with Gasteiger partial charge < -0.3 is 5.32 Å². The van der Waals surface area contributed by atoms with Gasteiger partial charge in [-0.15, -0.1) is 0 Å². The van der Waals surface area contributed by atoms with Crippen LogP contribution in [0.15, 0.2) is 0 Å². The molecule has 5 heteroatoms. The minimum absolute atomic E-state index is 0.0674. The van der Waals surface area contributed by atoms with Crippen LogP contribution in [0.3, 0.4) is 0 Å². The topological polar surface area (TPSA) is 49.4 Å². The quantitative estimate of drug-likeness (QED) is 0.640. The van der Waals surface area contributed by atoms with E-state index in [1.165, 1.54) is 17.7 Å². The summed E-state index contributed by atoms with van der Waals surface area (Å²) in [4.78, 5) is 25.8. The van der Waals surface area contributed by atoms with Gasteiger partial charge in [-0.2, -0.15) is 0 Å². The number of halogens is 1. The summed E-state index contributed by atoms with van der Waals surface area (Å²) in [6.07, 6.45) is 5.21. The highest BCUT2D eigenvalue weighted by atomic mass is 79.9. The fourth-order valence-electron chi connectivity index (χ4n) is 2.92. The molecule has 1 saturated heterocycles. The molecule has 1 N–H and O–H groups in total. The van der Waals surface area contributed by atoms with E-state index in [9.17, 15) is 9.59 Å². The molecule has 1 aliphatic heterocycles. The summed E-state index contributed by atoms with van der Waals surface area (Å²) in [6.45, 7) is 4.29. The van der Waals surface area contributed by atoms with Gasteiger partial charge in [0.2, 0.25) is 0 Å². The average Bonchev–Trinajstić information content (AvgIpc) is 2.90. The zero-order chi connectivity index (χ0) is 13.4.